The zero-order valence-electron chi connectivity index (χ0n) is 22.6. The van der Waals surface area contributed by atoms with Crippen LogP contribution in [0.5, 0.6) is 0 Å². The van der Waals surface area contributed by atoms with Gasteiger partial charge in [0.15, 0.2) is 29.7 Å². The maximum atomic E-state index is 14.0. The molecule has 4 rings (SSSR count). The van der Waals surface area contributed by atoms with E-state index in [1.807, 2.05) is 6.07 Å². The van der Waals surface area contributed by atoms with Gasteiger partial charge in [0.2, 0.25) is 0 Å². The number of hydrogen-bond donors (Lipinski definition) is 0. The van der Waals surface area contributed by atoms with E-state index in [9.17, 15) is 32.8 Å². The lowest BCUT2D eigenvalue weighted by atomic mass is 9.96. The third-order valence-corrected chi connectivity index (χ3v) is 7.87. The van der Waals surface area contributed by atoms with Crippen molar-refractivity contribution in [2.75, 3.05) is 6.61 Å². The second-order valence-electron chi connectivity index (χ2n) is 9.19. The molecule has 11 nitrogen and oxygen atoms in total. The van der Waals surface area contributed by atoms with E-state index >= 15 is 0 Å². The molecule has 0 radical (unpaired) electrons. The number of thioether (sulfide) groups is 1. The fourth-order valence-corrected chi connectivity index (χ4v) is 6.10. The van der Waals surface area contributed by atoms with E-state index in [1.54, 1.807) is 18.2 Å². The van der Waals surface area contributed by atoms with Gasteiger partial charge in [0.05, 0.1) is 11.8 Å². The van der Waals surface area contributed by atoms with E-state index < -0.39 is 65.1 Å². The lowest BCUT2D eigenvalue weighted by Crippen LogP contribution is -2.57. The van der Waals surface area contributed by atoms with Gasteiger partial charge in [-0.25, -0.2) is 17.9 Å². The number of halogens is 4. The van der Waals surface area contributed by atoms with E-state index in [0.717, 1.165) is 37.7 Å². The van der Waals surface area contributed by atoms with Crippen molar-refractivity contribution in [2.45, 2.75) is 55.5 Å². The van der Waals surface area contributed by atoms with Crippen molar-refractivity contribution < 1.29 is 46.5 Å². The van der Waals surface area contributed by atoms with E-state index in [4.69, 9.17) is 18.9 Å². The van der Waals surface area contributed by atoms with E-state index in [2.05, 4.69) is 26.2 Å². The third kappa shape index (κ3) is 7.53. The Morgan fingerprint density at radius 2 is 1.70 bits per heavy atom. The fourth-order valence-electron chi connectivity index (χ4n) is 4.33. The smallest absolute Gasteiger partial charge is 0.303 e. The molecule has 0 bridgehead atoms. The summed E-state index contributed by atoms with van der Waals surface area (Å²) in [5, 5.41) is 17.3. The van der Waals surface area contributed by atoms with Crippen LogP contribution >= 0.6 is 27.7 Å². The molecular weight excluding hydrogens is 661 g/mol. The van der Waals surface area contributed by atoms with Gasteiger partial charge in [-0.1, -0.05) is 17.0 Å². The molecule has 1 aliphatic heterocycles. The number of hydrogen-bond acceptors (Lipinski definition) is 11. The van der Waals surface area contributed by atoms with Gasteiger partial charge < -0.3 is 18.9 Å². The van der Waals surface area contributed by atoms with Gasteiger partial charge in [0.25, 0.3) is 0 Å². The van der Waals surface area contributed by atoms with E-state index in [-0.39, 0.29) is 17.9 Å². The normalized spacial score (nSPS) is 21.5. The van der Waals surface area contributed by atoms with Crippen LogP contribution in [0.3, 0.4) is 0 Å². The van der Waals surface area contributed by atoms with Crippen LogP contribution < -0.4 is 0 Å². The van der Waals surface area contributed by atoms with Crippen molar-refractivity contribution in [3.05, 3.63) is 64.0 Å². The standard InChI is InChI=1S/C27H22BrF3N4O7S/c1-12(36)39-11-22-25(40-13(2)37)24(35-10-21(33-34-35)16-6-19(29)23(31)20(30)7-16)26(41-14(3)38)27(42-22)43-17-5-4-15(9-32)18(28)8-17/h4-8,10,22,24-27H,11H2,1-3H3/t22-,24+,25+,26-,27-/m1/s1. The highest BCUT2D eigenvalue weighted by Gasteiger charge is 2.52. The summed E-state index contributed by atoms with van der Waals surface area (Å²) in [6.07, 6.45) is -2.37. The highest BCUT2D eigenvalue weighted by atomic mass is 79.9. The first-order chi connectivity index (χ1) is 20.4. The molecule has 226 valence electrons. The van der Waals surface area contributed by atoms with Crippen LogP contribution in [0.25, 0.3) is 11.3 Å². The number of esters is 3. The van der Waals surface area contributed by atoms with Crippen molar-refractivity contribution in [1.82, 2.24) is 15.0 Å². The molecule has 0 aliphatic carbocycles. The highest BCUT2D eigenvalue weighted by Crippen LogP contribution is 2.42. The molecule has 16 heteroatoms. The van der Waals surface area contributed by atoms with Crippen molar-refractivity contribution in [2.24, 2.45) is 0 Å². The number of carbonyl (C=O) groups is 3. The Hall–Kier alpha value is -3.94. The maximum Gasteiger partial charge on any atom is 0.303 e. The number of ether oxygens (including phenoxy) is 4. The second kappa shape index (κ2) is 13.6. The molecule has 0 N–H and O–H groups in total. The van der Waals surface area contributed by atoms with Gasteiger partial charge in [-0.15, -0.1) is 5.10 Å². The topological polar surface area (TPSA) is 143 Å². The zero-order chi connectivity index (χ0) is 31.4. The van der Waals surface area contributed by atoms with Gasteiger partial charge in [0.1, 0.15) is 36.0 Å². The van der Waals surface area contributed by atoms with Crippen LogP contribution in [0.4, 0.5) is 13.2 Å². The second-order valence-corrected chi connectivity index (χ2v) is 11.2. The monoisotopic (exact) mass is 682 g/mol. The Bertz CT molecular complexity index is 1580. The molecule has 0 unspecified atom stereocenters. The van der Waals surface area contributed by atoms with Crippen molar-refractivity contribution in [3.63, 3.8) is 0 Å². The maximum absolute atomic E-state index is 14.0. The first kappa shape index (κ1) is 32.0. The van der Waals surface area contributed by atoms with Crippen LogP contribution in [0.1, 0.15) is 32.4 Å². The lowest BCUT2D eigenvalue weighted by Gasteiger charge is -2.44. The van der Waals surface area contributed by atoms with E-state index in [0.29, 0.717) is 14.9 Å². The largest absolute Gasteiger partial charge is 0.463 e. The van der Waals surface area contributed by atoms with Gasteiger partial charge in [-0.2, -0.15) is 5.26 Å². The molecular formula is C27H22BrF3N4O7S. The summed E-state index contributed by atoms with van der Waals surface area (Å²) >= 11 is 4.42. The summed E-state index contributed by atoms with van der Waals surface area (Å²) in [6, 6.07) is 7.18. The molecule has 43 heavy (non-hydrogen) atoms. The number of carbonyl (C=O) groups excluding carboxylic acids is 3. The summed E-state index contributed by atoms with van der Waals surface area (Å²) in [6.45, 7) is 3.08. The third-order valence-electron chi connectivity index (χ3n) is 6.08. The summed E-state index contributed by atoms with van der Waals surface area (Å²) in [5.41, 5.74) is -0.888. The first-order valence-electron chi connectivity index (χ1n) is 12.4. The van der Waals surface area contributed by atoms with Crippen LogP contribution in [0, 0.1) is 28.8 Å². The Labute approximate surface area is 255 Å². The zero-order valence-corrected chi connectivity index (χ0v) is 25.0. The average Bonchev–Trinajstić information content (AvgIpc) is 3.41. The molecule has 2 heterocycles. The molecule has 1 saturated heterocycles. The molecule has 1 aromatic heterocycles. The molecule has 2 aromatic carbocycles. The van der Waals surface area contributed by atoms with Crippen molar-refractivity contribution in [3.8, 4) is 17.3 Å². The number of nitriles is 1. The minimum absolute atomic E-state index is 0.0794. The molecule has 3 aromatic rings. The predicted molar refractivity (Wildman–Crippen MR) is 145 cm³/mol. The van der Waals surface area contributed by atoms with Crippen LogP contribution in [-0.4, -0.2) is 63.3 Å². The summed E-state index contributed by atoms with van der Waals surface area (Å²) in [5.74, 6) is -6.68. The van der Waals surface area contributed by atoms with Gasteiger partial charge in [0, 0.05) is 35.7 Å². The molecule has 0 spiro atoms. The van der Waals surface area contributed by atoms with Crippen LogP contribution in [0.2, 0.25) is 0 Å². The minimum Gasteiger partial charge on any atom is -0.463 e. The Morgan fingerprint density at radius 3 is 2.28 bits per heavy atom. The van der Waals surface area contributed by atoms with Crippen molar-refractivity contribution >= 4 is 45.6 Å². The average molecular weight is 683 g/mol. The summed E-state index contributed by atoms with van der Waals surface area (Å²) in [7, 11) is 0. The first-order valence-corrected chi connectivity index (χ1v) is 14.1. The molecule has 1 aliphatic rings. The highest BCUT2D eigenvalue weighted by molar-refractivity contribution is 9.10. The minimum atomic E-state index is -1.66. The quantitative estimate of drug-likeness (QED) is 0.188. The predicted octanol–water partition coefficient (Wildman–Crippen LogP) is 4.48. The molecule has 5 atom stereocenters. The summed E-state index contributed by atoms with van der Waals surface area (Å²) < 4.78 is 65.8. The molecule has 0 saturated carbocycles. The van der Waals surface area contributed by atoms with Crippen molar-refractivity contribution in [1.29, 1.82) is 5.26 Å². The van der Waals surface area contributed by atoms with Crippen LogP contribution in [-0.2, 0) is 33.3 Å². The molecule has 1 fully saturated rings. The Morgan fingerprint density at radius 1 is 1.05 bits per heavy atom. The van der Waals surface area contributed by atoms with E-state index in [1.165, 1.54) is 17.8 Å². The Balaban J connectivity index is 1.82. The number of nitrogens with zero attached hydrogens (tertiary/aromatic N) is 4. The van der Waals surface area contributed by atoms with Gasteiger partial charge in [-0.05, 0) is 46.3 Å². The van der Waals surface area contributed by atoms with Crippen LogP contribution in [0.15, 0.2) is 45.9 Å². The van der Waals surface area contributed by atoms with Gasteiger partial charge >= 0.3 is 17.9 Å². The number of rotatable bonds is 8. The summed E-state index contributed by atoms with van der Waals surface area (Å²) in [4.78, 5) is 36.8. The Kier molecular flexibility index (Phi) is 10.1. The lowest BCUT2D eigenvalue weighted by molar-refractivity contribution is -0.212. The van der Waals surface area contributed by atoms with Gasteiger partial charge in [-0.3, -0.25) is 14.4 Å². The number of aromatic nitrogens is 3. The fraction of sp³-hybridized carbons (Fsp3) is 0.333. The SMILES string of the molecule is CC(=O)OC[C@H]1O[C@H](Sc2ccc(C#N)c(Br)c2)[C@H](OC(C)=O)[C@@H](n2cc(-c3cc(F)c(F)c(F)c3)nn2)[C@H]1OC(C)=O. The number of benzene rings is 2. The molecule has 0 amide bonds.